The van der Waals surface area contributed by atoms with Crippen LogP contribution in [-0.4, -0.2) is 42.0 Å². The minimum absolute atomic E-state index is 0.391. The number of sulfonamides is 1. The summed E-state index contributed by atoms with van der Waals surface area (Å²) < 4.78 is 27.3. The maximum Gasteiger partial charge on any atom is 0.250 e. The lowest BCUT2D eigenvalue weighted by Gasteiger charge is -2.42. The van der Waals surface area contributed by atoms with Gasteiger partial charge in [-0.3, -0.25) is 14.7 Å². The van der Waals surface area contributed by atoms with Crippen molar-refractivity contribution in [2.45, 2.75) is 31.1 Å². The number of piperidine rings is 2. The first kappa shape index (κ1) is 12.0. The molecular formula is C11H18N4O2S. The Morgan fingerprint density at radius 1 is 1.39 bits per heavy atom. The molecule has 1 aromatic heterocycles. The Hall–Kier alpha value is -1.08. The van der Waals surface area contributed by atoms with Crippen molar-refractivity contribution in [3.63, 3.8) is 0 Å². The number of anilines is 1. The first-order chi connectivity index (χ1) is 8.65. The molecule has 3 heterocycles. The molecule has 18 heavy (non-hydrogen) atoms. The lowest BCUT2D eigenvalue weighted by molar-refractivity contribution is 0.104. The zero-order chi connectivity index (χ0) is 12.6. The smallest absolute Gasteiger partial charge is 0.250 e. The van der Waals surface area contributed by atoms with E-state index in [1.54, 1.807) is 6.07 Å². The Labute approximate surface area is 107 Å². The van der Waals surface area contributed by atoms with Gasteiger partial charge in [0.05, 0.1) is 6.20 Å². The highest BCUT2D eigenvalue weighted by Gasteiger charge is 2.38. The fourth-order valence-corrected chi connectivity index (χ4v) is 4.63. The number of aromatic amines is 1. The van der Waals surface area contributed by atoms with Crippen LogP contribution in [0.25, 0.3) is 0 Å². The predicted molar refractivity (Wildman–Crippen MR) is 68.4 cm³/mol. The van der Waals surface area contributed by atoms with Crippen LogP contribution in [0.1, 0.15) is 25.7 Å². The van der Waals surface area contributed by atoms with E-state index >= 15 is 0 Å². The summed E-state index contributed by atoms with van der Waals surface area (Å²) in [5.41, 5.74) is 0. The van der Waals surface area contributed by atoms with Crippen LogP contribution in [0.4, 0.5) is 5.82 Å². The Morgan fingerprint density at radius 3 is 3.06 bits per heavy atom. The number of fused-ring (bicyclic) bond motifs is 2. The molecule has 7 heteroatoms. The third kappa shape index (κ3) is 2.24. The molecular weight excluding hydrogens is 252 g/mol. The van der Waals surface area contributed by atoms with Gasteiger partial charge in [0.15, 0.2) is 0 Å². The van der Waals surface area contributed by atoms with Crippen molar-refractivity contribution in [1.29, 1.82) is 0 Å². The van der Waals surface area contributed by atoms with Gasteiger partial charge in [-0.25, -0.2) is 8.42 Å². The van der Waals surface area contributed by atoms with Crippen LogP contribution in [0.5, 0.6) is 0 Å². The van der Waals surface area contributed by atoms with Crippen LogP contribution in [0, 0.1) is 5.92 Å². The maximum atomic E-state index is 12.4. The second-order valence-corrected chi connectivity index (χ2v) is 6.99. The number of nitrogens with one attached hydrogen (secondary N) is 2. The van der Waals surface area contributed by atoms with Gasteiger partial charge in [0.2, 0.25) is 10.0 Å². The molecule has 0 radical (unpaired) electrons. The Bertz CT molecular complexity index is 499. The first-order valence-electron chi connectivity index (χ1n) is 6.40. The van der Waals surface area contributed by atoms with Crippen molar-refractivity contribution in [3.8, 4) is 0 Å². The molecule has 2 fully saturated rings. The first-order valence-corrected chi connectivity index (χ1v) is 7.95. The molecule has 0 aliphatic carbocycles. The number of hydrogen-bond donors (Lipinski definition) is 2. The van der Waals surface area contributed by atoms with E-state index in [1.165, 1.54) is 12.6 Å². The SMILES string of the molecule is O=S(=O)(Nc1ccn[nH]1)C1CCC2CCCN1C2. The molecule has 2 aliphatic rings. The number of nitrogens with zero attached hydrogens (tertiary/aromatic N) is 2. The quantitative estimate of drug-likeness (QED) is 0.858. The van der Waals surface area contributed by atoms with Gasteiger partial charge in [0.25, 0.3) is 0 Å². The molecule has 2 saturated heterocycles. The third-order valence-electron chi connectivity index (χ3n) is 3.89. The molecule has 0 saturated carbocycles. The number of rotatable bonds is 3. The van der Waals surface area contributed by atoms with Gasteiger partial charge in [0, 0.05) is 12.6 Å². The van der Waals surface area contributed by atoms with Gasteiger partial charge in [-0.05, 0) is 38.1 Å². The van der Waals surface area contributed by atoms with E-state index in [2.05, 4.69) is 19.8 Å². The highest BCUT2D eigenvalue weighted by Crippen LogP contribution is 2.32. The average molecular weight is 270 g/mol. The molecule has 0 aromatic carbocycles. The van der Waals surface area contributed by atoms with E-state index in [1.807, 2.05) is 0 Å². The highest BCUT2D eigenvalue weighted by atomic mass is 32.2. The van der Waals surface area contributed by atoms with Crippen LogP contribution < -0.4 is 4.72 Å². The summed E-state index contributed by atoms with van der Waals surface area (Å²) in [6.07, 6.45) is 5.65. The summed E-state index contributed by atoms with van der Waals surface area (Å²) in [5.74, 6) is 1.13. The van der Waals surface area contributed by atoms with Crippen LogP contribution in [-0.2, 0) is 10.0 Å². The van der Waals surface area contributed by atoms with Gasteiger partial charge >= 0.3 is 0 Å². The molecule has 2 N–H and O–H groups in total. The van der Waals surface area contributed by atoms with E-state index in [4.69, 9.17) is 0 Å². The molecule has 3 rings (SSSR count). The Kier molecular flexibility index (Phi) is 3.03. The molecule has 3 atom stereocenters. The van der Waals surface area contributed by atoms with Crippen molar-refractivity contribution in [2.24, 2.45) is 5.92 Å². The van der Waals surface area contributed by atoms with E-state index in [0.29, 0.717) is 11.7 Å². The lowest BCUT2D eigenvalue weighted by atomic mass is 9.89. The molecule has 0 amide bonds. The summed E-state index contributed by atoms with van der Waals surface area (Å²) in [5, 5.41) is 5.99. The van der Waals surface area contributed by atoms with Gasteiger partial charge in [-0.2, -0.15) is 5.10 Å². The van der Waals surface area contributed by atoms with Crippen molar-refractivity contribution in [3.05, 3.63) is 12.3 Å². The number of hydrogen-bond acceptors (Lipinski definition) is 4. The summed E-state index contributed by atoms with van der Waals surface area (Å²) in [6, 6.07) is 1.62. The number of aromatic nitrogens is 2. The molecule has 100 valence electrons. The predicted octanol–water partition coefficient (Wildman–Crippen LogP) is 0.983. The van der Waals surface area contributed by atoms with E-state index in [-0.39, 0.29) is 0 Å². The van der Waals surface area contributed by atoms with Gasteiger partial charge in [0.1, 0.15) is 11.2 Å². The normalized spacial score (nSPS) is 32.1. The second kappa shape index (κ2) is 4.55. The average Bonchev–Trinajstić information content (AvgIpc) is 2.81. The maximum absolute atomic E-state index is 12.4. The monoisotopic (exact) mass is 270 g/mol. The molecule has 2 aliphatic heterocycles. The zero-order valence-electron chi connectivity index (χ0n) is 10.2. The minimum atomic E-state index is -3.35. The van der Waals surface area contributed by atoms with E-state index < -0.39 is 15.4 Å². The van der Waals surface area contributed by atoms with Crippen LogP contribution in [0.3, 0.4) is 0 Å². The van der Waals surface area contributed by atoms with Crippen LogP contribution in [0.15, 0.2) is 12.3 Å². The van der Waals surface area contributed by atoms with Crippen LogP contribution >= 0.6 is 0 Å². The van der Waals surface area contributed by atoms with Crippen molar-refractivity contribution in [1.82, 2.24) is 15.1 Å². The minimum Gasteiger partial charge on any atom is -0.285 e. The van der Waals surface area contributed by atoms with E-state index in [0.717, 1.165) is 32.4 Å². The summed E-state index contributed by atoms with van der Waals surface area (Å²) >= 11 is 0. The largest absolute Gasteiger partial charge is 0.285 e. The van der Waals surface area contributed by atoms with Gasteiger partial charge in [-0.1, -0.05) is 0 Å². The standard InChI is InChI=1S/C11H18N4O2S/c16-18(17,14-10-5-6-12-13-10)11-4-3-9-2-1-7-15(11)8-9/h5-6,9,11H,1-4,7-8H2,(H2,12,13,14). The molecule has 3 unspecified atom stereocenters. The summed E-state index contributed by atoms with van der Waals surface area (Å²) in [6.45, 7) is 1.82. The third-order valence-corrected chi connectivity index (χ3v) is 5.65. The molecule has 1 aromatic rings. The number of H-pyrrole nitrogens is 1. The second-order valence-electron chi connectivity index (χ2n) is 5.15. The molecule has 0 spiro atoms. The zero-order valence-corrected chi connectivity index (χ0v) is 11.0. The van der Waals surface area contributed by atoms with Crippen molar-refractivity contribution < 1.29 is 8.42 Å². The van der Waals surface area contributed by atoms with Gasteiger partial charge in [-0.15, -0.1) is 0 Å². The van der Waals surface area contributed by atoms with Crippen molar-refractivity contribution in [2.75, 3.05) is 17.8 Å². The fourth-order valence-electron chi connectivity index (χ4n) is 3.04. The lowest BCUT2D eigenvalue weighted by Crippen LogP contribution is -2.51. The summed E-state index contributed by atoms with van der Waals surface area (Å²) in [4.78, 5) is 2.11. The van der Waals surface area contributed by atoms with Crippen LogP contribution in [0.2, 0.25) is 0 Å². The highest BCUT2D eigenvalue weighted by molar-refractivity contribution is 7.93. The fraction of sp³-hybridized carbons (Fsp3) is 0.727. The topological polar surface area (TPSA) is 78.1 Å². The Balaban J connectivity index is 1.76. The van der Waals surface area contributed by atoms with E-state index in [9.17, 15) is 8.42 Å². The van der Waals surface area contributed by atoms with Crippen molar-refractivity contribution >= 4 is 15.8 Å². The molecule has 2 bridgehead atoms. The van der Waals surface area contributed by atoms with Gasteiger partial charge < -0.3 is 0 Å². The molecule has 6 nitrogen and oxygen atoms in total. The summed E-state index contributed by atoms with van der Waals surface area (Å²) in [7, 11) is -3.35. The Morgan fingerprint density at radius 2 is 2.28 bits per heavy atom.